The molecule has 0 aromatic carbocycles. The van der Waals surface area contributed by atoms with E-state index in [1.165, 1.54) is 0 Å². The molecule has 5 fully saturated rings. The van der Waals surface area contributed by atoms with Crippen molar-refractivity contribution in [2.45, 2.75) is 120 Å². The lowest BCUT2D eigenvalue weighted by molar-refractivity contribution is -0.307. The van der Waals surface area contributed by atoms with Gasteiger partial charge in [-0.2, -0.15) is 0 Å². The van der Waals surface area contributed by atoms with E-state index >= 15 is 0 Å². The second kappa shape index (κ2) is 8.81. The van der Waals surface area contributed by atoms with Crippen molar-refractivity contribution < 1.29 is 54.8 Å². The van der Waals surface area contributed by atoms with Crippen LogP contribution in [0.4, 0.5) is 0 Å². The zero-order valence-electron chi connectivity index (χ0n) is 21.7. The normalized spacial score (nSPS) is 56.0. The van der Waals surface area contributed by atoms with Gasteiger partial charge in [-0.3, -0.25) is 4.79 Å². The molecule has 5 rings (SSSR count). The summed E-state index contributed by atoms with van der Waals surface area (Å²) in [6, 6.07) is 0. The monoisotopic (exact) mass is 530 g/mol. The quantitative estimate of drug-likeness (QED) is 0.220. The zero-order valence-corrected chi connectivity index (χ0v) is 21.7. The van der Waals surface area contributed by atoms with Gasteiger partial charge in [0, 0.05) is 5.41 Å². The molecule has 7 N–H and O–H groups in total. The number of hydrogen-bond donors (Lipinski definition) is 7. The fourth-order valence-corrected chi connectivity index (χ4v) is 8.66. The lowest BCUT2D eigenvalue weighted by atomic mass is 9.42. The van der Waals surface area contributed by atoms with Crippen molar-refractivity contribution in [3.8, 4) is 0 Å². The second-order valence-electron chi connectivity index (χ2n) is 13.0. The van der Waals surface area contributed by atoms with Crippen LogP contribution in [0, 0.1) is 22.2 Å². The van der Waals surface area contributed by atoms with E-state index in [0.29, 0.717) is 44.9 Å². The van der Waals surface area contributed by atoms with Crippen LogP contribution in [-0.4, -0.2) is 109 Å². The van der Waals surface area contributed by atoms with Crippen molar-refractivity contribution in [3.05, 3.63) is 0 Å². The molecule has 0 radical (unpaired) electrons. The third-order valence-electron chi connectivity index (χ3n) is 11.2. The average molecular weight is 531 g/mol. The fourth-order valence-electron chi connectivity index (χ4n) is 8.66. The van der Waals surface area contributed by atoms with Gasteiger partial charge in [-0.25, -0.2) is 0 Å². The predicted molar refractivity (Wildman–Crippen MR) is 126 cm³/mol. The molecule has 13 atom stereocenters. The largest absolute Gasteiger partial charge is 0.481 e. The average Bonchev–Trinajstić information content (AvgIpc) is 3.55. The summed E-state index contributed by atoms with van der Waals surface area (Å²) in [5.74, 6) is -1.05. The minimum atomic E-state index is -1.56. The van der Waals surface area contributed by atoms with Gasteiger partial charge in [0.05, 0.1) is 36.4 Å². The Bertz CT molecular complexity index is 915. The van der Waals surface area contributed by atoms with Gasteiger partial charge in [0.1, 0.15) is 30.0 Å². The molecule has 3 saturated carbocycles. The van der Waals surface area contributed by atoms with Crippen LogP contribution in [0.5, 0.6) is 0 Å². The molecule has 13 unspecified atom stereocenters. The summed E-state index contributed by atoms with van der Waals surface area (Å²) in [6.07, 6.45) is -4.92. The number of fused-ring (bicyclic) bond motifs is 1. The summed E-state index contributed by atoms with van der Waals surface area (Å²) in [5, 5.41) is 72.1. The maximum absolute atomic E-state index is 12.3. The van der Waals surface area contributed by atoms with Crippen molar-refractivity contribution in [2.75, 3.05) is 13.2 Å². The molecule has 0 aromatic rings. The Morgan fingerprint density at radius 2 is 1.70 bits per heavy atom. The van der Waals surface area contributed by atoms with Crippen LogP contribution in [0.1, 0.15) is 65.7 Å². The molecule has 0 bridgehead atoms. The lowest BCUT2D eigenvalue weighted by Crippen LogP contribution is -2.66. The lowest BCUT2D eigenvalue weighted by Gasteiger charge is -2.60. The predicted octanol–water partition coefficient (Wildman–Crippen LogP) is -0.476. The Labute approximate surface area is 216 Å². The molecule has 11 nitrogen and oxygen atoms in total. The SMILES string of the molecule is CC1(C(O)COC2OC(CO)C(O)C(O)C2O)CCC23OC2(CCC2C(C)(C(=O)O)CCC(O)C23C)C1. The van der Waals surface area contributed by atoms with Crippen molar-refractivity contribution in [3.63, 3.8) is 0 Å². The summed E-state index contributed by atoms with van der Waals surface area (Å²) >= 11 is 0. The topological polar surface area (TPSA) is 190 Å². The Kier molecular flexibility index (Phi) is 6.58. The molecule has 11 heteroatoms. The molecule has 0 amide bonds. The number of aliphatic hydroxyl groups is 6. The number of hydrogen-bond acceptors (Lipinski definition) is 10. The Morgan fingerprint density at radius 1 is 1.00 bits per heavy atom. The highest BCUT2D eigenvalue weighted by atomic mass is 16.7. The molecule has 37 heavy (non-hydrogen) atoms. The van der Waals surface area contributed by atoms with Gasteiger partial charge in [-0.15, -0.1) is 0 Å². The van der Waals surface area contributed by atoms with Gasteiger partial charge in [-0.05, 0) is 63.2 Å². The molecule has 2 aliphatic heterocycles. The van der Waals surface area contributed by atoms with E-state index in [2.05, 4.69) is 0 Å². The molecule has 0 aromatic heterocycles. The molecular formula is C26H42O11. The van der Waals surface area contributed by atoms with E-state index in [0.717, 1.165) is 0 Å². The van der Waals surface area contributed by atoms with Crippen LogP contribution in [0.15, 0.2) is 0 Å². The molecule has 3 aliphatic carbocycles. The van der Waals surface area contributed by atoms with E-state index in [9.17, 15) is 40.5 Å². The van der Waals surface area contributed by atoms with Crippen LogP contribution < -0.4 is 0 Å². The number of aliphatic hydroxyl groups excluding tert-OH is 6. The zero-order chi connectivity index (χ0) is 27.2. The van der Waals surface area contributed by atoms with Gasteiger partial charge < -0.3 is 50.0 Å². The van der Waals surface area contributed by atoms with Crippen molar-refractivity contribution in [1.29, 1.82) is 0 Å². The molecule has 212 valence electrons. The van der Waals surface area contributed by atoms with Crippen LogP contribution in [-0.2, 0) is 19.0 Å². The first-order valence-electron chi connectivity index (χ1n) is 13.4. The highest BCUT2D eigenvalue weighted by molar-refractivity contribution is 5.75. The molecule has 2 heterocycles. The van der Waals surface area contributed by atoms with E-state index < -0.39 is 82.9 Å². The first kappa shape index (κ1) is 27.7. The molecule has 5 aliphatic rings. The first-order chi connectivity index (χ1) is 17.2. The standard InChI is InChI=1S/C26H42O11/c1-22(16(29)11-35-20-19(32)18(31)17(30)13(10-27)36-20)8-9-26-24(3)14(4-7-25(26,12-22)37-26)23(2,21(33)34)6-5-15(24)28/h13-20,27-32H,4-12H2,1-3H3,(H,33,34). The van der Waals surface area contributed by atoms with E-state index in [1.54, 1.807) is 6.92 Å². The van der Waals surface area contributed by atoms with Crippen molar-refractivity contribution >= 4 is 5.97 Å². The minimum Gasteiger partial charge on any atom is -0.481 e. The van der Waals surface area contributed by atoms with E-state index in [1.807, 2.05) is 13.8 Å². The third kappa shape index (κ3) is 3.62. The Morgan fingerprint density at radius 3 is 2.35 bits per heavy atom. The Balaban J connectivity index is 1.30. The second-order valence-corrected chi connectivity index (χ2v) is 13.0. The Hall–Kier alpha value is -0.890. The highest BCUT2D eigenvalue weighted by Crippen LogP contribution is 2.78. The summed E-state index contributed by atoms with van der Waals surface area (Å²) in [6.45, 7) is 4.96. The van der Waals surface area contributed by atoms with Crippen molar-refractivity contribution in [2.24, 2.45) is 22.2 Å². The van der Waals surface area contributed by atoms with Crippen LogP contribution >= 0.6 is 0 Å². The number of carboxylic acids is 1. The van der Waals surface area contributed by atoms with Crippen LogP contribution in [0.25, 0.3) is 0 Å². The smallest absolute Gasteiger partial charge is 0.309 e. The van der Waals surface area contributed by atoms with Gasteiger partial charge in [0.25, 0.3) is 0 Å². The third-order valence-corrected chi connectivity index (χ3v) is 11.2. The summed E-state index contributed by atoms with van der Waals surface area (Å²) in [5.41, 5.74) is -3.47. The molecule has 0 spiro atoms. The number of carboxylic acid groups (broad SMARTS) is 1. The summed E-state index contributed by atoms with van der Waals surface area (Å²) in [4.78, 5) is 12.3. The summed E-state index contributed by atoms with van der Waals surface area (Å²) < 4.78 is 17.6. The van der Waals surface area contributed by atoms with Gasteiger partial charge in [-0.1, -0.05) is 13.8 Å². The number of rotatable bonds is 6. The number of carbonyl (C=O) groups is 1. The van der Waals surface area contributed by atoms with Gasteiger partial charge in [0.15, 0.2) is 6.29 Å². The van der Waals surface area contributed by atoms with Crippen LogP contribution in [0.2, 0.25) is 0 Å². The molecular weight excluding hydrogens is 488 g/mol. The number of aliphatic carboxylic acids is 1. The summed E-state index contributed by atoms with van der Waals surface area (Å²) in [7, 11) is 0. The molecule has 2 saturated heterocycles. The minimum absolute atomic E-state index is 0.206. The number of ether oxygens (including phenoxy) is 3. The van der Waals surface area contributed by atoms with Gasteiger partial charge >= 0.3 is 5.97 Å². The number of epoxide rings is 1. The van der Waals surface area contributed by atoms with E-state index in [-0.39, 0.29) is 12.5 Å². The van der Waals surface area contributed by atoms with Gasteiger partial charge in [0.2, 0.25) is 0 Å². The highest BCUT2D eigenvalue weighted by Gasteiger charge is 2.85. The van der Waals surface area contributed by atoms with Crippen molar-refractivity contribution in [1.82, 2.24) is 0 Å². The first-order valence-corrected chi connectivity index (χ1v) is 13.4. The van der Waals surface area contributed by atoms with Crippen LogP contribution in [0.3, 0.4) is 0 Å². The maximum Gasteiger partial charge on any atom is 0.309 e. The fraction of sp³-hybridized carbons (Fsp3) is 0.962. The maximum atomic E-state index is 12.3. The van der Waals surface area contributed by atoms with E-state index in [4.69, 9.17) is 14.2 Å².